The lowest BCUT2D eigenvalue weighted by atomic mass is 9.95. The summed E-state index contributed by atoms with van der Waals surface area (Å²) in [5.41, 5.74) is 2.30. The fraction of sp³-hybridized carbons (Fsp3) is 0.667. The zero-order valence-corrected chi connectivity index (χ0v) is 13.7. The zero-order valence-electron chi connectivity index (χ0n) is 12.1. The molecule has 0 amide bonds. The van der Waals surface area contributed by atoms with Crippen LogP contribution in [0.1, 0.15) is 46.1 Å². The number of nitrogens with one attached hydrogen (secondary N) is 1. The summed E-state index contributed by atoms with van der Waals surface area (Å²) in [6, 6.07) is 2.69. The SMILES string of the molecule is Cc1cc(NC(CC(C)C)CC(C)C)cnc1Br. The normalized spacial score (nSPS) is 11.6. The number of hydrogen-bond donors (Lipinski definition) is 1. The number of hydrogen-bond acceptors (Lipinski definition) is 2. The Morgan fingerprint density at radius 3 is 2.17 bits per heavy atom. The minimum absolute atomic E-state index is 0.535. The Labute approximate surface area is 120 Å². The van der Waals surface area contributed by atoms with Crippen molar-refractivity contribution in [2.24, 2.45) is 11.8 Å². The van der Waals surface area contributed by atoms with E-state index in [-0.39, 0.29) is 0 Å². The summed E-state index contributed by atoms with van der Waals surface area (Å²) in [4.78, 5) is 4.34. The van der Waals surface area contributed by atoms with Crippen LogP contribution in [0, 0.1) is 18.8 Å². The van der Waals surface area contributed by atoms with E-state index in [0.29, 0.717) is 17.9 Å². The van der Waals surface area contributed by atoms with Gasteiger partial charge in [-0.3, -0.25) is 0 Å². The molecular weight excluding hydrogens is 288 g/mol. The van der Waals surface area contributed by atoms with Crippen LogP contribution in [0.25, 0.3) is 0 Å². The van der Waals surface area contributed by atoms with Crippen molar-refractivity contribution in [3.05, 3.63) is 22.4 Å². The van der Waals surface area contributed by atoms with E-state index in [9.17, 15) is 0 Å². The van der Waals surface area contributed by atoms with E-state index in [2.05, 4.69) is 66.9 Å². The quantitative estimate of drug-likeness (QED) is 0.745. The van der Waals surface area contributed by atoms with Crippen molar-refractivity contribution in [1.29, 1.82) is 0 Å². The average Bonchev–Trinajstić information content (AvgIpc) is 2.21. The van der Waals surface area contributed by atoms with E-state index in [0.717, 1.165) is 10.3 Å². The van der Waals surface area contributed by atoms with Crippen LogP contribution in [-0.2, 0) is 0 Å². The Hall–Kier alpha value is -0.570. The summed E-state index contributed by atoms with van der Waals surface area (Å²) in [6.45, 7) is 11.2. The molecule has 3 heteroatoms. The molecule has 0 saturated carbocycles. The van der Waals surface area contributed by atoms with Gasteiger partial charge in [0.25, 0.3) is 0 Å². The number of halogens is 1. The first kappa shape index (κ1) is 15.5. The standard InChI is InChI=1S/C15H25BrN2/c1-10(2)6-13(7-11(3)4)18-14-8-12(5)15(16)17-9-14/h8-11,13,18H,6-7H2,1-5H3. The van der Waals surface area contributed by atoms with Crippen molar-refractivity contribution in [1.82, 2.24) is 4.98 Å². The summed E-state index contributed by atoms with van der Waals surface area (Å²) in [5.74, 6) is 1.43. The van der Waals surface area contributed by atoms with E-state index in [4.69, 9.17) is 0 Å². The van der Waals surface area contributed by atoms with Gasteiger partial charge in [-0.2, -0.15) is 0 Å². The molecule has 102 valence electrons. The van der Waals surface area contributed by atoms with E-state index >= 15 is 0 Å². The van der Waals surface area contributed by atoms with Gasteiger partial charge in [0.15, 0.2) is 0 Å². The van der Waals surface area contributed by atoms with E-state index in [1.165, 1.54) is 18.4 Å². The predicted octanol–water partition coefficient (Wildman–Crippen LogP) is 5.03. The summed E-state index contributed by atoms with van der Waals surface area (Å²) >= 11 is 3.44. The summed E-state index contributed by atoms with van der Waals surface area (Å²) in [6.07, 6.45) is 4.31. The first-order valence-corrected chi connectivity index (χ1v) is 7.56. The molecule has 0 aromatic carbocycles. The number of aromatic nitrogens is 1. The highest BCUT2D eigenvalue weighted by molar-refractivity contribution is 9.10. The molecule has 0 bridgehead atoms. The molecule has 1 rings (SSSR count). The van der Waals surface area contributed by atoms with Crippen molar-refractivity contribution in [3.8, 4) is 0 Å². The fourth-order valence-corrected chi connectivity index (χ4v) is 2.44. The predicted molar refractivity (Wildman–Crippen MR) is 83.0 cm³/mol. The van der Waals surface area contributed by atoms with Gasteiger partial charge in [-0.05, 0) is 59.2 Å². The molecule has 1 aromatic rings. The van der Waals surface area contributed by atoms with Crippen molar-refractivity contribution < 1.29 is 0 Å². The molecule has 1 heterocycles. The minimum atomic E-state index is 0.535. The molecule has 0 atom stereocenters. The average molecular weight is 313 g/mol. The highest BCUT2D eigenvalue weighted by Crippen LogP contribution is 2.21. The number of aryl methyl sites for hydroxylation is 1. The van der Waals surface area contributed by atoms with Crippen LogP contribution in [-0.4, -0.2) is 11.0 Å². The molecule has 1 aromatic heterocycles. The van der Waals surface area contributed by atoms with E-state index in [1.54, 1.807) is 0 Å². The second-order valence-electron chi connectivity index (χ2n) is 5.93. The number of rotatable bonds is 6. The van der Waals surface area contributed by atoms with E-state index in [1.807, 2.05) is 6.20 Å². The van der Waals surface area contributed by atoms with Gasteiger partial charge >= 0.3 is 0 Å². The van der Waals surface area contributed by atoms with Gasteiger partial charge < -0.3 is 5.32 Å². The van der Waals surface area contributed by atoms with Crippen molar-refractivity contribution >= 4 is 21.6 Å². The second kappa shape index (κ2) is 7.13. The Bertz CT molecular complexity index is 365. The van der Waals surface area contributed by atoms with Gasteiger partial charge in [-0.15, -0.1) is 0 Å². The molecule has 0 aliphatic heterocycles. The molecular formula is C15H25BrN2. The lowest BCUT2D eigenvalue weighted by Crippen LogP contribution is -2.23. The fourth-order valence-electron chi connectivity index (χ4n) is 2.22. The molecule has 0 radical (unpaired) electrons. The van der Waals surface area contributed by atoms with Crippen molar-refractivity contribution in [3.63, 3.8) is 0 Å². The Balaban J connectivity index is 2.71. The topological polar surface area (TPSA) is 24.9 Å². The Morgan fingerprint density at radius 1 is 1.17 bits per heavy atom. The maximum atomic E-state index is 4.34. The van der Waals surface area contributed by atoms with Gasteiger partial charge in [-0.1, -0.05) is 27.7 Å². The Kier molecular flexibility index (Phi) is 6.13. The van der Waals surface area contributed by atoms with Gasteiger partial charge in [0, 0.05) is 6.04 Å². The number of nitrogens with zero attached hydrogens (tertiary/aromatic N) is 1. The third kappa shape index (κ3) is 5.38. The highest BCUT2D eigenvalue weighted by atomic mass is 79.9. The van der Waals surface area contributed by atoms with Crippen LogP contribution < -0.4 is 5.32 Å². The van der Waals surface area contributed by atoms with Crippen molar-refractivity contribution in [2.75, 3.05) is 5.32 Å². The zero-order chi connectivity index (χ0) is 13.7. The van der Waals surface area contributed by atoms with Crippen LogP contribution in [0.2, 0.25) is 0 Å². The van der Waals surface area contributed by atoms with Gasteiger partial charge in [0.1, 0.15) is 4.60 Å². The third-order valence-electron chi connectivity index (χ3n) is 2.90. The number of anilines is 1. The summed E-state index contributed by atoms with van der Waals surface area (Å²) in [5, 5.41) is 3.63. The van der Waals surface area contributed by atoms with Gasteiger partial charge in [0.05, 0.1) is 11.9 Å². The smallest absolute Gasteiger partial charge is 0.109 e. The molecule has 18 heavy (non-hydrogen) atoms. The second-order valence-corrected chi connectivity index (χ2v) is 6.68. The molecule has 0 saturated heterocycles. The maximum absolute atomic E-state index is 4.34. The molecule has 0 aliphatic carbocycles. The first-order chi connectivity index (χ1) is 8.38. The maximum Gasteiger partial charge on any atom is 0.109 e. The van der Waals surface area contributed by atoms with Gasteiger partial charge in [-0.25, -0.2) is 4.98 Å². The lowest BCUT2D eigenvalue weighted by molar-refractivity contribution is 0.442. The third-order valence-corrected chi connectivity index (χ3v) is 3.73. The highest BCUT2D eigenvalue weighted by Gasteiger charge is 2.13. The number of pyridine rings is 1. The minimum Gasteiger partial charge on any atom is -0.381 e. The van der Waals surface area contributed by atoms with Gasteiger partial charge in [0.2, 0.25) is 0 Å². The molecule has 0 spiro atoms. The molecule has 1 N–H and O–H groups in total. The molecule has 0 unspecified atom stereocenters. The molecule has 0 aliphatic rings. The monoisotopic (exact) mass is 312 g/mol. The van der Waals surface area contributed by atoms with Crippen LogP contribution in [0.3, 0.4) is 0 Å². The summed E-state index contributed by atoms with van der Waals surface area (Å²) in [7, 11) is 0. The first-order valence-electron chi connectivity index (χ1n) is 6.77. The lowest BCUT2D eigenvalue weighted by Gasteiger charge is -2.23. The van der Waals surface area contributed by atoms with Crippen LogP contribution in [0.15, 0.2) is 16.9 Å². The molecule has 2 nitrogen and oxygen atoms in total. The largest absolute Gasteiger partial charge is 0.381 e. The van der Waals surface area contributed by atoms with Crippen molar-refractivity contribution in [2.45, 2.75) is 53.5 Å². The van der Waals surface area contributed by atoms with E-state index < -0.39 is 0 Å². The van der Waals surface area contributed by atoms with Crippen LogP contribution in [0.4, 0.5) is 5.69 Å². The summed E-state index contributed by atoms with van der Waals surface area (Å²) < 4.78 is 0.928. The molecule has 0 fully saturated rings. The van der Waals surface area contributed by atoms with Crippen LogP contribution >= 0.6 is 15.9 Å². The van der Waals surface area contributed by atoms with Crippen LogP contribution in [0.5, 0.6) is 0 Å². The Morgan fingerprint density at radius 2 is 1.72 bits per heavy atom.